The van der Waals surface area contributed by atoms with Gasteiger partial charge in [-0.25, -0.2) is 4.98 Å². The zero-order valence-corrected chi connectivity index (χ0v) is 6.00. The molecule has 0 bridgehead atoms. The highest BCUT2D eigenvalue weighted by atomic mass is 16.5. The molecule has 54 valence electrons. The second-order valence-electron chi connectivity index (χ2n) is 2.50. The number of hydrogen-bond acceptors (Lipinski definition) is 2. The summed E-state index contributed by atoms with van der Waals surface area (Å²) in [7, 11) is 0. The summed E-state index contributed by atoms with van der Waals surface area (Å²) >= 11 is 0. The SMILES string of the molecule is Cc1ncc2n1CCOC2. The number of aryl methyl sites for hydroxylation is 1. The van der Waals surface area contributed by atoms with E-state index >= 15 is 0 Å². The van der Waals surface area contributed by atoms with Gasteiger partial charge in [0.15, 0.2) is 0 Å². The Morgan fingerprint density at radius 2 is 2.60 bits per heavy atom. The van der Waals surface area contributed by atoms with Crippen LogP contribution in [0.25, 0.3) is 0 Å². The Kier molecular flexibility index (Phi) is 1.24. The maximum Gasteiger partial charge on any atom is 0.105 e. The Morgan fingerprint density at radius 3 is 3.40 bits per heavy atom. The summed E-state index contributed by atoms with van der Waals surface area (Å²) in [5.41, 5.74) is 1.20. The number of rotatable bonds is 0. The van der Waals surface area contributed by atoms with Gasteiger partial charge in [0.1, 0.15) is 5.82 Å². The van der Waals surface area contributed by atoms with E-state index in [9.17, 15) is 0 Å². The fourth-order valence-corrected chi connectivity index (χ4v) is 1.27. The molecule has 0 saturated carbocycles. The molecule has 0 saturated heterocycles. The molecular weight excluding hydrogens is 128 g/mol. The normalized spacial score (nSPS) is 16.9. The molecule has 2 heterocycles. The minimum absolute atomic E-state index is 0.723. The van der Waals surface area contributed by atoms with Gasteiger partial charge >= 0.3 is 0 Å². The summed E-state index contributed by atoms with van der Waals surface area (Å²) < 4.78 is 7.45. The van der Waals surface area contributed by atoms with Gasteiger partial charge in [-0.05, 0) is 6.92 Å². The van der Waals surface area contributed by atoms with Gasteiger partial charge in [0, 0.05) is 6.54 Å². The molecule has 0 amide bonds. The average molecular weight is 138 g/mol. The summed E-state index contributed by atoms with van der Waals surface area (Å²) in [6.07, 6.45) is 1.88. The lowest BCUT2D eigenvalue weighted by atomic mass is 10.4. The maximum atomic E-state index is 5.25. The third-order valence-corrected chi connectivity index (χ3v) is 1.85. The average Bonchev–Trinajstić information content (AvgIpc) is 2.34. The molecule has 3 nitrogen and oxygen atoms in total. The molecule has 0 fully saturated rings. The quantitative estimate of drug-likeness (QED) is 0.528. The van der Waals surface area contributed by atoms with Gasteiger partial charge in [0.25, 0.3) is 0 Å². The molecule has 10 heavy (non-hydrogen) atoms. The first-order valence-electron chi connectivity index (χ1n) is 3.46. The zero-order valence-electron chi connectivity index (χ0n) is 6.00. The minimum atomic E-state index is 0.723. The molecular formula is C7H10N2O. The van der Waals surface area contributed by atoms with E-state index in [0.717, 1.165) is 25.6 Å². The lowest BCUT2D eigenvalue weighted by molar-refractivity contribution is 0.0843. The number of aromatic nitrogens is 2. The third-order valence-electron chi connectivity index (χ3n) is 1.85. The highest BCUT2D eigenvalue weighted by Crippen LogP contribution is 2.10. The van der Waals surface area contributed by atoms with E-state index in [4.69, 9.17) is 4.74 Å². The third kappa shape index (κ3) is 0.743. The number of hydrogen-bond donors (Lipinski definition) is 0. The second kappa shape index (κ2) is 2.09. The van der Waals surface area contributed by atoms with Crippen LogP contribution in [0, 0.1) is 6.92 Å². The van der Waals surface area contributed by atoms with Gasteiger partial charge in [0.05, 0.1) is 25.1 Å². The van der Waals surface area contributed by atoms with Crippen molar-refractivity contribution in [2.45, 2.75) is 20.1 Å². The number of imidazole rings is 1. The van der Waals surface area contributed by atoms with E-state index in [0.29, 0.717) is 0 Å². The molecule has 2 rings (SSSR count). The first kappa shape index (κ1) is 5.92. The lowest BCUT2D eigenvalue weighted by Crippen LogP contribution is -2.16. The molecule has 0 atom stereocenters. The van der Waals surface area contributed by atoms with E-state index in [-0.39, 0.29) is 0 Å². The number of ether oxygens (including phenoxy) is 1. The van der Waals surface area contributed by atoms with Gasteiger partial charge in [-0.1, -0.05) is 0 Å². The topological polar surface area (TPSA) is 27.1 Å². The number of nitrogens with zero attached hydrogens (tertiary/aromatic N) is 2. The van der Waals surface area contributed by atoms with Gasteiger partial charge in [-0.15, -0.1) is 0 Å². The standard InChI is InChI=1S/C7H10N2O/c1-6-8-4-7-5-10-3-2-9(6)7/h4H,2-3,5H2,1H3. The monoisotopic (exact) mass is 138 g/mol. The first-order chi connectivity index (χ1) is 4.88. The Hall–Kier alpha value is -0.830. The fourth-order valence-electron chi connectivity index (χ4n) is 1.27. The Morgan fingerprint density at radius 1 is 1.70 bits per heavy atom. The van der Waals surface area contributed by atoms with E-state index in [2.05, 4.69) is 9.55 Å². The van der Waals surface area contributed by atoms with Crippen molar-refractivity contribution >= 4 is 0 Å². The summed E-state index contributed by atoms with van der Waals surface area (Å²) in [4.78, 5) is 4.18. The summed E-state index contributed by atoms with van der Waals surface area (Å²) in [5, 5.41) is 0. The van der Waals surface area contributed by atoms with Crippen LogP contribution < -0.4 is 0 Å². The van der Waals surface area contributed by atoms with Crippen molar-refractivity contribution in [3.8, 4) is 0 Å². The first-order valence-corrected chi connectivity index (χ1v) is 3.46. The van der Waals surface area contributed by atoms with Crippen molar-refractivity contribution in [1.82, 2.24) is 9.55 Å². The lowest BCUT2D eigenvalue weighted by Gasteiger charge is -2.15. The van der Waals surface area contributed by atoms with Crippen LogP contribution in [0.15, 0.2) is 6.20 Å². The molecule has 0 aliphatic carbocycles. The predicted molar refractivity (Wildman–Crippen MR) is 36.6 cm³/mol. The largest absolute Gasteiger partial charge is 0.373 e. The van der Waals surface area contributed by atoms with Crippen molar-refractivity contribution in [3.05, 3.63) is 17.7 Å². The molecule has 0 N–H and O–H groups in total. The summed E-state index contributed by atoms with van der Waals surface area (Å²) in [6.45, 7) is 4.53. The highest BCUT2D eigenvalue weighted by Gasteiger charge is 2.10. The van der Waals surface area contributed by atoms with E-state index < -0.39 is 0 Å². The van der Waals surface area contributed by atoms with Crippen LogP contribution in [-0.2, 0) is 17.9 Å². The highest BCUT2D eigenvalue weighted by molar-refractivity contribution is 5.04. The van der Waals surface area contributed by atoms with E-state index in [1.54, 1.807) is 0 Å². The minimum Gasteiger partial charge on any atom is -0.373 e. The summed E-state index contributed by atoms with van der Waals surface area (Å²) in [5.74, 6) is 1.10. The van der Waals surface area contributed by atoms with E-state index in [1.807, 2.05) is 13.1 Å². The van der Waals surface area contributed by atoms with Crippen LogP contribution in [0.3, 0.4) is 0 Å². The Balaban J connectivity index is 2.45. The van der Waals surface area contributed by atoms with Gasteiger partial charge in [-0.2, -0.15) is 0 Å². The van der Waals surface area contributed by atoms with Crippen molar-refractivity contribution in [2.24, 2.45) is 0 Å². The molecule has 0 aromatic carbocycles. The number of fused-ring (bicyclic) bond motifs is 1. The predicted octanol–water partition coefficient (Wildman–Crippen LogP) is 0.722. The van der Waals surface area contributed by atoms with Gasteiger partial charge < -0.3 is 9.30 Å². The maximum absolute atomic E-state index is 5.25. The second-order valence-corrected chi connectivity index (χ2v) is 2.50. The van der Waals surface area contributed by atoms with Crippen LogP contribution >= 0.6 is 0 Å². The molecule has 1 aliphatic rings. The molecule has 0 radical (unpaired) electrons. The molecule has 0 spiro atoms. The van der Waals surface area contributed by atoms with E-state index in [1.165, 1.54) is 5.69 Å². The Labute approximate surface area is 59.6 Å². The van der Waals surface area contributed by atoms with Crippen molar-refractivity contribution < 1.29 is 4.74 Å². The van der Waals surface area contributed by atoms with Crippen LogP contribution in [-0.4, -0.2) is 16.2 Å². The smallest absolute Gasteiger partial charge is 0.105 e. The van der Waals surface area contributed by atoms with Crippen molar-refractivity contribution in [3.63, 3.8) is 0 Å². The molecule has 0 unspecified atom stereocenters. The van der Waals surface area contributed by atoms with Crippen LogP contribution in [0.2, 0.25) is 0 Å². The van der Waals surface area contributed by atoms with Crippen molar-refractivity contribution in [2.75, 3.05) is 6.61 Å². The zero-order chi connectivity index (χ0) is 6.97. The Bertz CT molecular complexity index is 242. The van der Waals surface area contributed by atoms with Crippen LogP contribution in [0.4, 0.5) is 0 Å². The summed E-state index contributed by atoms with van der Waals surface area (Å²) in [6, 6.07) is 0. The van der Waals surface area contributed by atoms with Gasteiger partial charge in [-0.3, -0.25) is 0 Å². The molecule has 1 aliphatic heterocycles. The molecule has 3 heteroatoms. The van der Waals surface area contributed by atoms with Crippen molar-refractivity contribution in [1.29, 1.82) is 0 Å². The molecule has 1 aromatic rings. The van der Waals surface area contributed by atoms with Crippen LogP contribution in [0.1, 0.15) is 11.5 Å². The van der Waals surface area contributed by atoms with Crippen LogP contribution in [0.5, 0.6) is 0 Å². The molecule has 1 aromatic heterocycles. The van der Waals surface area contributed by atoms with Gasteiger partial charge in [0.2, 0.25) is 0 Å². The fraction of sp³-hybridized carbons (Fsp3) is 0.571.